The zero-order chi connectivity index (χ0) is 18.9. The number of aromatic nitrogens is 7. The number of benzene rings is 1. The Balaban J connectivity index is 1.27. The summed E-state index contributed by atoms with van der Waals surface area (Å²) in [6.45, 7) is 1.42. The van der Waals surface area contributed by atoms with Crippen molar-refractivity contribution >= 4 is 17.4 Å². The topological polar surface area (TPSA) is 106 Å². The maximum atomic E-state index is 12.5. The highest BCUT2D eigenvalue weighted by molar-refractivity contribution is 5.90. The first-order chi connectivity index (χ1) is 13.8. The molecule has 1 N–H and O–H groups in total. The lowest BCUT2D eigenvalue weighted by atomic mass is 10.2. The largest absolute Gasteiger partial charge is 0.351 e. The molecule has 0 spiro atoms. The minimum absolute atomic E-state index is 0.0128. The van der Waals surface area contributed by atoms with E-state index in [1.54, 1.807) is 23.5 Å². The van der Waals surface area contributed by atoms with Crippen molar-refractivity contribution in [1.29, 1.82) is 0 Å². The van der Waals surface area contributed by atoms with Gasteiger partial charge >= 0.3 is 0 Å². The first-order valence-electron chi connectivity index (χ1n) is 8.95. The Morgan fingerprint density at radius 1 is 1.14 bits per heavy atom. The molecule has 10 heteroatoms. The second-order valence-electron chi connectivity index (χ2n) is 6.57. The molecule has 3 aromatic heterocycles. The molecule has 0 unspecified atom stereocenters. The molecule has 0 radical (unpaired) electrons. The van der Waals surface area contributed by atoms with Gasteiger partial charge in [0.05, 0.1) is 5.69 Å². The molecule has 10 nitrogen and oxygen atoms in total. The van der Waals surface area contributed by atoms with Crippen LogP contribution in [0.3, 0.4) is 0 Å². The van der Waals surface area contributed by atoms with Crippen molar-refractivity contribution in [3.05, 3.63) is 61.2 Å². The minimum Gasteiger partial charge on any atom is -0.351 e. The maximum Gasteiger partial charge on any atom is 0.291 e. The molecule has 140 valence electrons. The fourth-order valence-electron chi connectivity index (χ4n) is 3.36. The summed E-state index contributed by atoms with van der Waals surface area (Å²) in [6.07, 6.45) is 7.52. The molecule has 1 aromatic carbocycles. The third kappa shape index (κ3) is 2.94. The lowest BCUT2D eigenvalue weighted by Crippen LogP contribution is -2.37. The van der Waals surface area contributed by atoms with E-state index >= 15 is 0 Å². The van der Waals surface area contributed by atoms with Crippen LogP contribution < -0.4 is 10.2 Å². The van der Waals surface area contributed by atoms with Gasteiger partial charge in [0.2, 0.25) is 11.5 Å². The van der Waals surface area contributed by atoms with Crippen LogP contribution in [-0.2, 0) is 0 Å². The summed E-state index contributed by atoms with van der Waals surface area (Å²) in [5, 5.41) is 15.3. The van der Waals surface area contributed by atoms with E-state index < -0.39 is 0 Å². The highest BCUT2D eigenvalue weighted by Gasteiger charge is 2.27. The van der Waals surface area contributed by atoms with Gasteiger partial charge in [0, 0.05) is 31.5 Å². The number of fused-ring (bicyclic) bond motifs is 1. The molecule has 28 heavy (non-hydrogen) atoms. The van der Waals surface area contributed by atoms with Gasteiger partial charge in [-0.15, -0.1) is 15.3 Å². The van der Waals surface area contributed by atoms with Gasteiger partial charge in [-0.3, -0.25) is 9.20 Å². The van der Waals surface area contributed by atoms with Crippen molar-refractivity contribution < 1.29 is 4.79 Å². The Kier molecular flexibility index (Phi) is 3.93. The molecular weight excluding hydrogens is 358 g/mol. The van der Waals surface area contributed by atoms with Gasteiger partial charge in [0.25, 0.3) is 5.91 Å². The van der Waals surface area contributed by atoms with Crippen LogP contribution in [0.5, 0.6) is 0 Å². The van der Waals surface area contributed by atoms with Crippen molar-refractivity contribution in [3.8, 4) is 5.69 Å². The summed E-state index contributed by atoms with van der Waals surface area (Å²) in [6, 6.07) is 9.55. The average Bonchev–Trinajstić information content (AvgIpc) is 3.48. The summed E-state index contributed by atoms with van der Waals surface area (Å²) in [5.74, 6) is 0.637. The summed E-state index contributed by atoms with van der Waals surface area (Å²) in [4.78, 5) is 23.2. The molecule has 1 aliphatic rings. The van der Waals surface area contributed by atoms with Crippen LogP contribution in [-0.4, -0.2) is 59.4 Å². The molecule has 5 rings (SSSR count). The Labute approximate surface area is 159 Å². The number of anilines is 1. The second kappa shape index (κ2) is 6.72. The van der Waals surface area contributed by atoms with Gasteiger partial charge in [0.1, 0.15) is 12.7 Å². The zero-order valence-electron chi connectivity index (χ0n) is 14.9. The van der Waals surface area contributed by atoms with E-state index in [0.29, 0.717) is 12.2 Å². The fraction of sp³-hybridized carbons (Fsp3) is 0.222. The van der Waals surface area contributed by atoms with Gasteiger partial charge in [0.15, 0.2) is 5.82 Å². The highest BCUT2D eigenvalue weighted by Crippen LogP contribution is 2.21. The number of amides is 1. The van der Waals surface area contributed by atoms with E-state index in [-0.39, 0.29) is 17.8 Å². The fourth-order valence-corrected chi connectivity index (χ4v) is 3.36. The molecule has 1 fully saturated rings. The number of para-hydroxylation sites is 1. The number of hydrogen-bond acceptors (Lipinski definition) is 7. The zero-order valence-corrected chi connectivity index (χ0v) is 14.9. The van der Waals surface area contributed by atoms with E-state index in [2.05, 4.69) is 35.5 Å². The number of hydrogen-bond donors (Lipinski definition) is 1. The molecule has 1 amide bonds. The third-order valence-corrected chi connectivity index (χ3v) is 4.74. The van der Waals surface area contributed by atoms with Crippen LogP contribution in [0.15, 0.2) is 55.4 Å². The number of nitrogens with one attached hydrogen (secondary N) is 1. The summed E-state index contributed by atoms with van der Waals surface area (Å²) >= 11 is 0. The summed E-state index contributed by atoms with van der Waals surface area (Å²) in [5.41, 5.74) is 1.56. The van der Waals surface area contributed by atoms with Crippen molar-refractivity contribution in [2.24, 2.45) is 0 Å². The van der Waals surface area contributed by atoms with Gasteiger partial charge in [-0.25, -0.2) is 14.6 Å². The van der Waals surface area contributed by atoms with E-state index in [0.717, 1.165) is 24.5 Å². The lowest BCUT2D eigenvalue weighted by molar-refractivity contribution is 0.0930. The molecule has 4 aromatic rings. The number of nitrogens with zero attached hydrogens (tertiary/aromatic N) is 8. The van der Waals surface area contributed by atoms with Crippen molar-refractivity contribution in [2.75, 3.05) is 18.0 Å². The van der Waals surface area contributed by atoms with Gasteiger partial charge in [-0.2, -0.15) is 0 Å². The SMILES string of the molecule is O=C(N[C@H]1CCN(c2nccn3cnnc23)C1)c1ncn(-c2ccccc2)n1. The Hall–Kier alpha value is -3.82. The van der Waals surface area contributed by atoms with Crippen LogP contribution in [0.1, 0.15) is 17.0 Å². The minimum atomic E-state index is -0.282. The standard InChI is InChI=1S/C18H17N9O/c28-18(15-20-11-27(24-15)14-4-2-1-3-5-14)22-13-6-8-25(10-13)16-17-23-21-12-26(17)9-7-19-16/h1-5,7,9,11-13H,6,8,10H2,(H,22,28)/t13-/m0/s1. The summed E-state index contributed by atoms with van der Waals surface area (Å²) < 4.78 is 3.42. The van der Waals surface area contributed by atoms with Crippen molar-refractivity contribution in [3.63, 3.8) is 0 Å². The van der Waals surface area contributed by atoms with Crippen LogP contribution in [0.25, 0.3) is 11.3 Å². The molecule has 0 bridgehead atoms. The first kappa shape index (κ1) is 16.4. The first-order valence-corrected chi connectivity index (χ1v) is 8.95. The third-order valence-electron chi connectivity index (χ3n) is 4.74. The second-order valence-corrected chi connectivity index (χ2v) is 6.57. The Morgan fingerprint density at radius 3 is 2.93 bits per heavy atom. The van der Waals surface area contributed by atoms with Crippen molar-refractivity contribution in [1.82, 2.24) is 39.7 Å². The molecule has 1 aliphatic heterocycles. The van der Waals surface area contributed by atoms with Crippen LogP contribution in [0, 0.1) is 0 Å². The molecule has 1 atom stereocenters. The van der Waals surface area contributed by atoms with Crippen LogP contribution >= 0.6 is 0 Å². The number of carbonyl (C=O) groups is 1. The normalized spacial score (nSPS) is 16.6. The predicted octanol–water partition coefficient (Wildman–Crippen LogP) is 0.714. The number of rotatable bonds is 4. The molecule has 4 heterocycles. The Morgan fingerprint density at radius 2 is 2.04 bits per heavy atom. The van der Waals surface area contributed by atoms with Gasteiger partial charge in [-0.05, 0) is 18.6 Å². The molecule has 0 aliphatic carbocycles. The van der Waals surface area contributed by atoms with E-state index in [1.165, 1.54) is 0 Å². The molecule has 1 saturated heterocycles. The molecule has 0 saturated carbocycles. The average molecular weight is 375 g/mol. The highest BCUT2D eigenvalue weighted by atomic mass is 16.2. The predicted molar refractivity (Wildman–Crippen MR) is 100 cm³/mol. The van der Waals surface area contributed by atoms with Gasteiger partial charge < -0.3 is 10.2 Å². The summed E-state index contributed by atoms with van der Waals surface area (Å²) in [7, 11) is 0. The van der Waals surface area contributed by atoms with E-state index in [9.17, 15) is 4.79 Å². The number of carbonyl (C=O) groups excluding carboxylic acids is 1. The monoisotopic (exact) mass is 375 g/mol. The molecular formula is C18H17N9O. The van der Waals surface area contributed by atoms with Crippen molar-refractivity contribution in [2.45, 2.75) is 12.5 Å². The smallest absolute Gasteiger partial charge is 0.291 e. The van der Waals surface area contributed by atoms with Gasteiger partial charge in [-0.1, -0.05) is 18.2 Å². The lowest BCUT2D eigenvalue weighted by Gasteiger charge is -2.17. The Bertz CT molecular complexity index is 1120. The quantitative estimate of drug-likeness (QED) is 0.560. The van der Waals surface area contributed by atoms with E-state index in [1.807, 2.05) is 40.9 Å². The van der Waals surface area contributed by atoms with Crippen LogP contribution in [0.2, 0.25) is 0 Å². The van der Waals surface area contributed by atoms with E-state index in [4.69, 9.17) is 0 Å². The maximum absolute atomic E-state index is 12.5. The van der Waals surface area contributed by atoms with Crippen LogP contribution in [0.4, 0.5) is 5.82 Å².